The first kappa shape index (κ1) is 11.9. The van der Waals surface area contributed by atoms with E-state index in [-0.39, 0.29) is 23.4 Å². The summed E-state index contributed by atoms with van der Waals surface area (Å²) in [7, 11) is 0. The van der Waals surface area contributed by atoms with Crippen LogP contribution in [0, 0.1) is 5.41 Å². The zero-order valence-corrected chi connectivity index (χ0v) is 8.89. The predicted octanol–water partition coefficient (Wildman–Crippen LogP) is 0.631. The Morgan fingerprint density at radius 3 is 1.46 bits per heavy atom. The first-order valence-corrected chi connectivity index (χ1v) is 4.27. The van der Waals surface area contributed by atoms with Crippen LogP contribution in [0.5, 0.6) is 0 Å². The van der Waals surface area contributed by atoms with E-state index >= 15 is 0 Å². The van der Waals surface area contributed by atoms with E-state index in [9.17, 15) is 9.59 Å². The van der Waals surface area contributed by atoms with Crippen molar-refractivity contribution in [2.45, 2.75) is 40.8 Å². The molecule has 0 aliphatic rings. The smallest absolute Gasteiger partial charge is 0.218 e. The maximum absolute atomic E-state index is 10.8. The quantitative estimate of drug-likeness (QED) is 0.621. The van der Waals surface area contributed by atoms with Gasteiger partial charge in [-0.1, -0.05) is 20.8 Å². The Hall–Kier alpha value is -1.06. The molecule has 0 atom stereocenters. The van der Waals surface area contributed by atoms with Crippen LogP contribution in [-0.2, 0) is 9.59 Å². The molecule has 0 heterocycles. The second-order valence-corrected chi connectivity index (χ2v) is 4.20. The van der Waals surface area contributed by atoms with Gasteiger partial charge in [0.1, 0.15) is 6.17 Å². The second-order valence-electron chi connectivity index (χ2n) is 4.20. The first-order valence-electron chi connectivity index (χ1n) is 4.27. The third-order valence-corrected chi connectivity index (χ3v) is 1.56. The number of nitrogens with one attached hydrogen (secondary N) is 2. The van der Waals surface area contributed by atoms with Crippen molar-refractivity contribution in [3.05, 3.63) is 0 Å². The molecule has 0 bridgehead atoms. The average Bonchev–Trinajstić information content (AvgIpc) is 1.81. The zero-order valence-electron chi connectivity index (χ0n) is 8.89. The number of carbonyl (C=O) groups excluding carboxylic acids is 2. The molecule has 0 aromatic rings. The highest BCUT2D eigenvalue weighted by atomic mass is 16.2. The highest BCUT2D eigenvalue weighted by Crippen LogP contribution is 2.16. The fraction of sp³-hybridized carbons (Fsp3) is 0.778. The molecule has 0 rings (SSSR count). The largest absolute Gasteiger partial charge is 0.336 e. The highest BCUT2D eigenvalue weighted by molar-refractivity contribution is 5.76. The second kappa shape index (κ2) is 4.25. The summed E-state index contributed by atoms with van der Waals surface area (Å²) in [4.78, 5) is 21.6. The Kier molecular flexibility index (Phi) is 3.91. The summed E-state index contributed by atoms with van der Waals surface area (Å²) < 4.78 is 0. The minimum Gasteiger partial charge on any atom is -0.336 e. The molecule has 0 aliphatic heterocycles. The van der Waals surface area contributed by atoms with Crippen LogP contribution in [0.4, 0.5) is 0 Å². The lowest BCUT2D eigenvalue weighted by molar-refractivity contribution is -0.123. The van der Waals surface area contributed by atoms with E-state index < -0.39 is 0 Å². The van der Waals surface area contributed by atoms with E-state index in [0.717, 1.165) is 0 Å². The molecule has 2 amide bonds. The summed E-state index contributed by atoms with van der Waals surface area (Å²) in [6.45, 7) is 8.71. The fourth-order valence-electron chi connectivity index (χ4n) is 0.876. The van der Waals surface area contributed by atoms with Gasteiger partial charge in [-0.15, -0.1) is 0 Å². The number of amides is 2. The van der Waals surface area contributed by atoms with Gasteiger partial charge in [-0.3, -0.25) is 9.59 Å². The summed E-state index contributed by atoms with van der Waals surface area (Å²) >= 11 is 0. The van der Waals surface area contributed by atoms with Gasteiger partial charge in [0.05, 0.1) is 0 Å². The molecule has 13 heavy (non-hydrogen) atoms. The van der Waals surface area contributed by atoms with Gasteiger partial charge in [0.15, 0.2) is 0 Å². The molecule has 0 aromatic carbocycles. The SMILES string of the molecule is CC(=O)NC(NC(C)=O)C(C)(C)C. The van der Waals surface area contributed by atoms with Crippen LogP contribution >= 0.6 is 0 Å². The standard InChI is InChI=1S/C9H18N2O2/c1-6(12)10-8(9(3,4)5)11-7(2)13/h8H,1-5H3,(H,10,12)(H,11,13). The molecule has 0 saturated carbocycles. The number of hydrogen-bond acceptors (Lipinski definition) is 2. The van der Waals surface area contributed by atoms with E-state index in [0.29, 0.717) is 0 Å². The molecule has 0 fully saturated rings. The molecule has 0 spiro atoms. The van der Waals surface area contributed by atoms with Gasteiger partial charge in [0, 0.05) is 19.3 Å². The maximum Gasteiger partial charge on any atom is 0.218 e. The molecule has 0 aromatic heterocycles. The monoisotopic (exact) mass is 186 g/mol. The van der Waals surface area contributed by atoms with Crippen LogP contribution in [0.25, 0.3) is 0 Å². The van der Waals surface area contributed by atoms with Crippen molar-refractivity contribution in [1.82, 2.24) is 10.6 Å². The van der Waals surface area contributed by atoms with Crippen LogP contribution in [-0.4, -0.2) is 18.0 Å². The molecule has 0 saturated heterocycles. The summed E-state index contributed by atoms with van der Waals surface area (Å²) in [6.07, 6.45) is -0.317. The summed E-state index contributed by atoms with van der Waals surface area (Å²) in [5, 5.41) is 5.36. The molecular formula is C9H18N2O2. The minimum atomic E-state index is -0.317. The summed E-state index contributed by atoms with van der Waals surface area (Å²) in [6, 6.07) is 0. The van der Waals surface area contributed by atoms with Crippen LogP contribution in [0.1, 0.15) is 34.6 Å². The molecule has 4 heteroatoms. The maximum atomic E-state index is 10.8. The van der Waals surface area contributed by atoms with Crippen LogP contribution in [0.2, 0.25) is 0 Å². The lowest BCUT2D eigenvalue weighted by Crippen LogP contribution is -2.54. The van der Waals surface area contributed by atoms with Crippen molar-refractivity contribution < 1.29 is 9.59 Å². The van der Waals surface area contributed by atoms with Crippen molar-refractivity contribution in [2.24, 2.45) is 5.41 Å². The van der Waals surface area contributed by atoms with E-state index in [1.165, 1.54) is 13.8 Å². The van der Waals surface area contributed by atoms with E-state index in [4.69, 9.17) is 0 Å². The van der Waals surface area contributed by atoms with E-state index in [1.54, 1.807) is 0 Å². The Morgan fingerprint density at radius 1 is 1.00 bits per heavy atom. The van der Waals surface area contributed by atoms with Gasteiger partial charge < -0.3 is 10.6 Å². The predicted molar refractivity (Wildman–Crippen MR) is 50.9 cm³/mol. The average molecular weight is 186 g/mol. The Morgan fingerprint density at radius 2 is 1.31 bits per heavy atom. The van der Waals surface area contributed by atoms with Gasteiger partial charge in [-0.25, -0.2) is 0 Å². The lowest BCUT2D eigenvalue weighted by Gasteiger charge is -2.31. The lowest BCUT2D eigenvalue weighted by atomic mass is 9.92. The number of carbonyl (C=O) groups is 2. The van der Waals surface area contributed by atoms with Crippen molar-refractivity contribution in [2.75, 3.05) is 0 Å². The van der Waals surface area contributed by atoms with Crippen LogP contribution in [0.15, 0.2) is 0 Å². The first-order chi connectivity index (χ1) is 5.73. The van der Waals surface area contributed by atoms with Gasteiger partial charge in [-0.05, 0) is 0 Å². The van der Waals surface area contributed by atoms with Crippen molar-refractivity contribution >= 4 is 11.8 Å². The molecule has 0 aliphatic carbocycles. The third-order valence-electron chi connectivity index (χ3n) is 1.56. The Bertz CT molecular complexity index is 190. The fourth-order valence-corrected chi connectivity index (χ4v) is 0.876. The van der Waals surface area contributed by atoms with Gasteiger partial charge in [-0.2, -0.15) is 0 Å². The number of hydrogen-bond donors (Lipinski definition) is 2. The van der Waals surface area contributed by atoms with E-state index in [1.807, 2.05) is 20.8 Å². The topological polar surface area (TPSA) is 58.2 Å². The summed E-state index contributed by atoms with van der Waals surface area (Å²) in [5.74, 6) is -0.289. The number of rotatable bonds is 2. The summed E-state index contributed by atoms with van der Waals surface area (Å²) in [5.41, 5.74) is -0.183. The minimum absolute atomic E-state index is 0.145. The third kappa shape index (κ3) is 5.22. The zero-order chi connectivity index (χ0) is 10.6. The van der Waals surface area contributed by atoms with Crippen molar-refractivity contribution in [3.8, 4) is 0 Å². The van der Waals surface area contributed by atoms with Crippen molar-refractivity contribution in [3.63, 3.8) is 0 Å². The Balaban J connectivity index is 4.37. The van der Waals surface area contributed by atoms with Crippen molar-refractivity contribution in [1.29, 1.82) is 0 Å². The van der Waals surface area contributed by atoms with Crippen LogP contribution < -0.4 is 10.6 Å². The van der Waals surface area contributed by atoms with Gasteiger partial charge >= 0.3 is 0 Å². The highest BCUT2D eigenvalue weighted by Gasteiger charge is 2.25. The molecule has 76 valence electrons. The van der Waals surface area contributed by atoms with Crippen LogP contribution in [0.3, 0.4) is 0 Å². The molecular weight excluding hydrogens is 168 g/mol. The van der Waals surface area contributed by atoms with Gasteiger partial charge in [0.2, 0.25) is 11.8 Å². The normalized spacial score (nSPS) is 11.2. The van der Waals surface area contributed by atoms with Gasteiger partial charge in [0.25, 0.3) is 0 Å². The Labute approximate surface area is 79.1 Å². The molecule has 0 unspecified atom stereocenters. The molecule has 0 radical (unpaired) electrons. The van der Waals surface area contributed by atoms with E-state index in [2.05, 4.69) is 10.6 Å². The molecule has 2 N–H and O–H groups in total. The molecule has 4 nitrogen and oxygen atoms in total.